The summed E-state index contributed by atoms with van der Waals surface area (Å²) in [5.74, 6) is 1.47. The van der Waals surface area contributed by atoms with Gasteiger partial charge in [0.1, 0.15) is 5.78 Å². The van der Waals surface area contributed by atoms with Crippen molar-refractivity contribution < 1.29 is 14.3 Å². The molecule has 0 unspecified atom stereocenters. The van der Waals surface area contributed by atoms with Crippen LogP contribution < -0.4 is 0 Å². The zero-order chi connectivity index (χ0) is 16.1. The molecule has 4 heteroatoms. The molecule has 2 aliphatic carbocycles. The molecule has 3 aliphatic rings. The van der Waals surface area contributed by atoms with Crippen LogP contribution in [0.25, 0.3) is 0 Å². The number of allylic oxidation sites excluding steroid dienone is 1. The van der Waals surface area contributed by atoms with Gasteiger partial charge in [-0.05, 0) is 36.7 Å². The fourth-order valence-corrected chi connectivity index (χ4v) is 4.93. The van der Waals surface area contributed by atoms with Crippen LogP contribution in [0.5, 0.6) is 0 Å². The molecule has 3 rings (SSSR count). The van der Waals surface area contributed by atoms with Gasteiger partial charge in [-0.15, -0.1) is 0 Å². The van der Waals surface area contributed by atoms with E-state index in [0.29, 0.717) is 30.6 Å². The van der Waals surface area contributed by atoms with Crippen LogP contribution in [0.3, 0.4) is 0 Å². The Morgan fingerprint density at radius 1 is 1.41 bits per heavy atom. The van der Waals surface area contributed by atoms with Crippen molar-refractivity contribution in [3.05, 3.63) is 11.6 Å². The standard InChI is InChI=1S/C18H27NO3/c1-11(2)12-8-14-15(20)7-5-6-13-10-19(17(21)22-4)16(9-12)18(13,14)3/h6,11-12,14,16H,5,7-10H2,1-4H3/t12-,14-,16-,18+/m1/s1. The average Bonchev–Trinajstić information content (AvgIpc) is 2.70. The Balaban J connectivity index is 2.05. The maximum atomic E-state index is 12.7. The molecule has 0 radical (unpaired) electrons. The van der Waals surface area contributed by atoms with E-state index in [4.69, 9.17) is 4.74 Å². The largest absolute Gasteiger partial charge is 0.453 e. The summed E-state index contributed by atoms with van der Waals surface area (Å²) >= 11 is 0. The van der Waals surface area contributed by atoms with Crippen molar-refractivity contribution in [3.8, 4) is 0 Å². The number of methoxy groups -OCH3 is 1. The second kappa shape index (κ2) is 5.39. The number of amides is 1. The zero-order valence-corrected chi connectivity index (χ0v) is 14.1. The molecule has 1 heterocycles. The number of Topliss-reactive ketones (excluding diaryl/α,β-unsaturated/α-hetero) is 1. The number of likely N-dealkylation sites (tertiary alicyclic amines) is 1. The van der Waals surface area contributed by atoms with Gasteiger partial charge < -0.3 is 9.64 Å². The number of rotatable bonds is 1. The van der Waals surface area contributed by atoms with E-state index in [1.807, 2.05) is 4.90 Å². The molecule has 1 saturated carbocycles. The quantitative estimate of drug-likeness (QED) is 0.697. The van der Waals surface area contributed by atoms with Gasteiger partial charge in [-0.1, -0.05) is 26.8 Å². The highest BCUT2D eigenvalue weighted by atomic mass is 16.5. The fourth-order valence-electron chi connectivity index (χ4n) is 4.93. The third-order valence-electron chi connectivity index (χ3n) is 6.41. The topological polar surface area (TPSA) is 46.6 Å². The molecule has 4 atom stereocenters. The lowest BCUT2D eigenvalue weighted by Crippen LogP contribution is -2.52. The minimum atomic E-state index is -0.254. The van der Waals surface area contributed by atoms with Gasteiger partial charge in [-0.25, -0.2) is 4.79 Å². The number of ether oxygens (including phenoxy) is 1. The van der Waals surface area contributed by atoms with Crippen molar-refractivity contribution in [2.24, 2.45) is 23.2 Å². The minimum Gasteiger partial charge on any atom is -0.453 e. The Morgan fingerprint density at radius 2 is 2.14 bits per heavy atom. The molecule has 0 bridgehead atoms. The van der Waals surface area contributed by atoms with Crippen molar-refractivity contribution in [2.75, 3.05) is 13.7 Å². The van der Waals surface area contributed by atoms with E-state index < -0.39 is 0 Å². The first kappa shape index (κ1) is 15.6. The number of carbonyl (C=O) groups is 2. The number of hydrogen-bond acceptors (Lipinski definition) is 3. The van der Waals surface area contributed by atoms with Gasteiger partial charge in [0.05, 0.1) is 7.11 Å². The van der Waals surface area contributed by atoms with Crippen molar-refractivity contribution in [1.29, 1.82) is 0 Å². The van der Waals surface area contributed by atoms with Gasteiger partial charge in [0.2, 0.25) is 0 Å². The maximum Gasteiger partial charge on any atom is 0.410 e. The summed E-state index contributed by atoms with van der Waals surface area (Å²) in [7, 11) is 1.44. The van der Waals surface area contributed by atoms with E-state index in [1.54, 1.807) is 0 Å². The summed E-state index contributed by atoms with van der Waals surface area (Å²) in [6.07, 6.45) is 5.37. The number of ketones is 1. The SMILES string of the molecule is COC(=O)N1CC2=CCCC(=O)[C@H]3C[C@@H](C(C)C)C[C@@H]1[C@@]23C. The van der Waals surface area contributed by atoms with E-state index in [1.165, 1.54) is 12.7 Å². The van der Waals surface area contributed by atoms with Crippen LogP contribution in [0, 0.1) is 23.2 Å². The molecule has 0 N–H and O–H groups in total. The van der Waals surface area contributed by atoms with E-state index in [-0.39, 0.29) is 23.5 Å². The van der Waals surface area contributed by atoms with Gasteiger partial charge in [-0.2, -0.15) is 0 Å². The Bertz CT molecular complexity index is 524. The second-order valence-electron chi connectivity index (χ2n) is 7.66. The molecule has 0 aromatic carbocycles. The predicted molar refractivity (Wildman–Crippen MR) is 84.4 cm³/mol. The number of hydrogen-bond donors (Lipinski definition) is 0. The van der Waals surface area contributed by atoms with Crippen molar-refractivity contribution in [2.45, 2.75) is 52.5 Å². The van der Waals surface area contributed by atoms with Gasteiger partial charge in [0, 0.05) is 30.3 Å². The lowest BCUT2D eigenvalue weighted by atomic mass is 9.57. The van der Waals surface area contributed by atoms with E-state index in [9.17, 15) is 9.59 Å². The Morgan fingerprint density at radius 3 is 2.77 bits per heavy atom. The molecule has 1 amide bonds. The molecule has 0 aromatic heterocycles. The Hall–Kier alpha value is -1.32. The second-order valence-corrected chi connectivity index (χ2v) is 7.66. The molecule has 2 fully saturated rings. The van der Waals surface area contributed by atoms with Crippen molar-refractivity contribution in [1.82, 2.24) is 4.90 Å². The fraction of sp³-hybridized carbons (Fsp3) is 0.778. The first-order chi connectivity index (χ1) is 10.4. The average molecular weight is 305 g/mol. The van der Waals surface area contributed by atoms with Gasteiger partial charge in [0.15, 0.2) is 0 Å². The minimum absolute atomic E-state index is 0.0575. The number of carbonyl (C=O) groups excluding carboxylic acids is 2. The molecule has 1 saturated heterocycles. The summed E-state index contributed by atoms with van der Waals surface area (Å²) in [6.45, 7) is 7.28. The molecule has 0 spiro atoms. The van der Waals surface area contributed by atoms with E-state index in [2.05, 4.69) is 26.8 Å². The Kier molecular flexibility index (Phi) is 3.82. The van der Waals surface area contributed by atoms with Gasteiger partial charge in [-0.3, -0.25) is 4.79 Å². The van der Waals surface area contributed by atoms with Crippen molar-refractivity contribution in [3.63, 3.8) is 0 Å². The molecule has 122 valence electrons. The lowest BCUT2D eigenvalue weighted by Gasteiger charge is -2.48. The van der Waals surface area contributed by atoms with Crippen LogP contribution in [0.2, 0.25) is 0 Å². The van der Waals surface area contributed by atoms with Crippen LogP contribution in [0.15, 0.2) is 11.6 Å². The smallest absolute Gasteiger partial charge is 0.410 e. The molecule has 4 nitrogen and oxygen atoms in total. The maximum absolute atomic E-state index is 12.7. The molecule has 22 heavy (non-hydrogen) atoms. The normalized spacial score (nSPS) is 37.7. The van der Waals surface area contributed by atoms with Crippen LogP contribution in [-0.2, 0) is 9.53 Å². The summed E-state index contributed by atoms with van der Waals surface area (Å²) < 4.78 is 5.01. The number of nitrogens with zero attached hydrogens (tertiary/aromatic N) is 1. The third-order valence-corrected chi connectivity index (χ3v) is 6.41. The van der Waals surface area contributed by atoms with Crippen LogP contribution in [0.1, 0.15) is 46.5 Å². The first-order valence-electron chi connectivity index (χ1n) is 8.46. The van der Waals surface area contributed by atoms with Gasteiger partial charge >= 0.3 is 6.09 Å². The summed E-state index contributed by atoms with van der Waals surface area (Å²) in [4.78, 5) is 26.8. The molecule has 0 aromatic rings. The van der Waals surface area contributed by atoms with Gasteiger partial charge in [0.25, 0.3) is 0 Å². The molecular formula is C18H27NO3. The summed E-state index contributed by atoms with van der Waals surface area (Å²) in [5, 5.41) is 0. The molecule has 1 aliphatic heterocycles. The zero-order valence-electron chi connectivity index (χ0n) is 14.1. The first-order valence-corrected chi connectivity index (χ1v) is 8.46. The van der Waals surface area contributed by atoms with E-state index >= 15 is 0 Å². The summed E-state index contributed by atoms with van der Waals surface area (Å²) in [6, 6.07) is 0.0967. The van der Waals surface area contributed by atoms with E-state index in [0.717, 1.165) is 19.3 Å². The highest BCUT2D eigenvalue weighted by Gasteiger charge is 2.59. The highest BCUT2D eigenvalue weighted by Crippen LogP contribution is 2.57. The Labute approximate surface area is 132 Å². The lowest BCUT2D eigenvalue weighted by molar-refractivity contribution is -0.129. The van der Waals surface area contributed by atoms with Crippen molar-refractivity contribution >= 4 is 11.9 Å². The summed E-state index contributed by atoms with van der Waals surface area (Å²) in [5.41, 5.74) is 1.09. The highest BCUT2D eigenvalue weighted by molar-refractivity contribution is 5.84. The third kappa shape index (κ3) is 2.10. The van der Waals surface area contributed by atoms with Crippen LogP contribution in [0.4, 0.5) is 4.79 Å². The molecular weight excluding hydrogens is 278 g/mol. The van der Waals surface area contributed by atoms with Crippen LogP contribution >= 0.6 is 0 Å². The predicted octanol–water partition coefficient (Wildman–Crippen LogP) is 3.41. The monoisotopic (exact) mass is 305 g/mol. The van der Waals surface area contributed by atoms with Crippen LogP contribution in [-0.4, -0.2) is 36.5 Å².